The Kier molecular flexibility index (Phi) is 3.55. The zero-order valence-corrected chi connectivity index (χ0v) is 10.3. The molecule has 2 aromatic heterocycles. The molecule has 4 nitrogen and oxygen atoms in total. The summed E-state index contributed by atoms with van der Waals surface area (Å²) in [5.41, 5.74) is 0.991. The summed E-state index contributed by atoms with van der Waals surface area (Å²) < 4.78 is 0. The molecule has 88 valence electrons. The van der Waals surface area contributed by atoms with E-state index in [0.717, 1.165) is 10.4 Å². The fraction of sp³-hybridized carbons (Fsp3) is 0.0909. The highest BCUT2D eigenvalue weighted by atomic mass is 32.1. The molecule has 1 amide bonds. The monoisotopic (exact) mass is 267 g/mol. The van der Waals surface area contributed by atoms with Crippen LogP contribution in [0, 0.1) is 0 Å². The molecule has 0 radical (unpaired) electrons. The Hall–Kier alpha value is -1.66. The van der Waals surface area contributed by atoms with E-state index in [4.69, 9.17) is 5.11 Å². The minimum atomic E-state index is -1.05. The Morgan fingerprint density at radius 3 is 2.82 bits per heavy atom. The molecule has 0 bridgehead atoms. The largest absolute Gasteiger partial charge is 0.480 e. The molecule has 0 atom stereocenters. The summed E-state index contributed by atoms with van der Waals surface area (Å²) in [5.74, 6) is -1.39. The lowest BCUT2D eigenvalue weighted by atomic mass is 10.2. The van der Waals surface area contributed by atoms with E-state index in [0.29, 0.717) is 4.88 Å². The normalized spacial score (nSPS) is 10.1. The summed E-state index contributed by atoms with van der Waals surface area (Å²) in [7, 11) is 0. The van der Waals surface area contributed by atoms with Crippen LogP contribution in [0.4, 0.5) is 0 Å². The highest BCUT2D eigenvalue weighted by Crippen LogP contribution is 2.29. The quantitative estimate of drug-likeness (QED) is 0.893. The number of hydrogen-bond donors (Lipinski definition) is 2. The number of thiophene rings is 2. The van der Waals surface area contributed by atoms with Crippen LogP contribution in [0.2, 0.25) is 0 Å². The van der Waals surface area contributed by atoms with Gasteiger partial charge >= 0.3 is 5.97 Å². The van der Waals surface area contributed by atoms with Gasteiger partial charge in [0.25, 0.3) is 5.91 Å². The third kappa shape index (κ3) is 2.92. The predicted octanol–water partition coefficient (Wildman–Crippen LogP) is 2.29. The molecule has 2 aromatic rings. The van der Waals surface area contributed by atoms with Crippen molar-refractivity contribution in [1.82, 2.24) is 5.32 Å². The molecule has 0 saturated carbocycles. The fourth-order valence-corrected chi connectivity index (χ4v) is 2.88. The van der Waals surface area contributed by atoms with E-state index in [-0.39, 0.29) is 12.5 Å². The third-order valence-corrected chi connectivity index (χ3v) is 3.88. The standard InChI is InChI=1S/C11H9NO3S2/c13-10(14)5-12-11(15)9-4-7(6-17-9)8-2-1-3-16-8/h1-4,6H,5H2,(H,12,15)(H,13,14). The van der Waals surface area contributed by atoms with Gasteiger partial charge in [0.05, 0.1) is 4.88 Å². The molecule has 0 aliphatic rings. The maximum Gasteiger partial charge on any atom is 0.322 e. The Bertz CT molecular complexity index is 531. The van der Waals surface area contributed by atoms with E-state index in [1.807, 2.05) is 22.9 Å². The van der Waals surface area contributed by atoms with Crippen LogP contribution in [0.25, 0.3) is 10.4 Å². The molecule has 2 heterocycles. The Labute approximate surface area is 106 Å². The van der Waals surface area contributed by atoms with Crippen molar-refractivity contribution < 1.29 is 14.7 Å². The lowest BCUT2D eigenvalue weighted by molar-refractivity contribution is -0.135. The van der Waals surface area contributed by atoms with Gasteiger partial charge < -0.3 is 10.4 Å². The van der Waals surface area contributed by atoms with Crippen molar-refractivity contribution >= 4 is 34.6 Å². The van der Waals surface area contributed by atoms with Crippen molar-refractivity contribution in [2.24, 2.45) is 0 Å². The van der Waals surface area contributed by atoms with E-state index in [1.165, 1.54) is 11.3 Å². The van der Waals surface area contributed by atoms with Gasteiger partial charge in [-0.25, -0.2) is 0 Å². The van der Waals surface area contributed by atoms with E-state index in [2.05, 4.69) is 5.32 Å². The fourth-order valence-electron chi connectivity index (χ4n) is 1.27. The first-order valence-electron chi connectivity index (χ1n) is 4.79. The van der Waals surface area contributed by atoms with Gasteiger partial charge in [0.2, 0.25) is 0 Å². The SMILES string of the molecule is O=C(O)CNC(=O)c1cc(-c2cccs2)cs1. The number of carbonyl (C=O) groups is 2. The summed E-state index contributed by atoms with van der Waals surface area (Å²) in [6, 6.07) is 5.70. The van der Waals surface area contributed by atoms with Crippen LogP contribution in [0.5, 0.6) is 0 Å². The minimum absolute atomic E-state index is 0.347. The van der Waals surface area contributed by atoms with E-state index < -0.39 is 5.97 Å². The van der Waals surface area contributed by atoms with Crippen LogP contribution in [-0.2, 0) is 4.79 Å². The highest BCUT2D eigenvalue weighted by Gasteiger charge is 2.11. The number of aliphatic carboxylic acids is 1. The van der Waals surface area contributed by atoms with Crippen LogP contribution in [0.1, 0.15) is 9.67 Å². The summed E-state index contributed by atoms with van der Waals surface area (Å²) in [6.45, 7) is -0.356. The first-order chi connectivity index (χ1) is 8.16. The van der Waals surface area contributed by atoms with Gasteiger partial charge in [-0.3, -0.25) is 9.59 Å². The lowest BCUT2D eigenvalue weighted by Gasteiger charge is -1.97. The third-order valence-electron chi connectivity index (χ3n) is 2.03. The van der Waals surface area contributed by atoms with Crippen molar-refractivity contribution in [2.45, 2.75) is 0 Å². The van der Waals surface area contributed by atoms with Crippen LogP contribution >= 0.6 is 22.7 Å². The van der Waals surface area contributed by atoms with E-state index in [1.54, 1.807) is 17.4 Å². The number of hydrogen-bond acceptors (Lipinski definition) is 4. The van der Waals surface area contributed by atoms with Crippen LogP contribution in [0.3, 0.4) is 0 Å². The minimum Gasteiger partial charge on any atom is -0.480 e. The number of carboxylic acid groups (broad SMARTS) is 1. The van der Waals surface area contributed by atoms with Crippen LogP contribution < -0.4 is 5.32 Å². The van der Waals surface area contributed by atoms with Crippen molar-refractivity contribution in [1.29, 1.82) is 0 Å². The Morgan fingerprint density at radius 2 is 2.18 bits per heavy atom. The zero-order chi connectivity index (χ0) is 12.3. The van der Waals surface area contributed by atoms with Crippen LogP contribution in [-0.4, -0.2) is 23.5 Å². The zero-order valence-electron chi connectivity index (χ0n) is 8.67. The summed E-state index contributed by atoms with van der Waals surface area (Å²) in [6.07, 6.45) is 0. The lowest BCUT2D eigenvalue weighted by Crippen LogP contribution is -2.28. The molecule has 2 rings (SSSR count). The molecular formula is C11H9NO3S2. The smallest absolute Gasteiger partial charge is 0.322 e. The molecule has 0 aromatic carbocycles. The van der Waals surface area contributed by atoms with Gasteiger partial charge in [0, 0.05) is 15.8 Å². The molecule has 0 spiro atoms. The van der Waals surface area contributed by atoms with Gasteiger partial charge in [0.15, 0.2) is 0 Å². The van der Waals surface area contributed by atoms with Crippen molar-refractivity contribution in [3.63, 3.8) is 0 Å². The molecule has 17 heavy (non-hydrogen) atoms. The molecule has 0 aliphatic heterocycles. The predicted molar refractivity (Wildman–Crippen MR) is 67.6 cm³/mol. The maximum atomic E-state index is 11.6. The number of carboxylic acids is 1. The molecule has 0 aliphatic carbocycles. The molecule has 0 saturated heterocycles. The second-order valence-electron chi connectivity index (χ2n) is 3.25. The topological polar surface area (TPSA) is 66.4 Å². The molecule has 2 N–H and O–H groups in total. The number of amides is 1. The maximum absolute atomic E-state index is 11.6. The molecule has 6 heteroatoms. The van der Waals surface area contributed by atoms with Gasteiger partial charge in [-0.2, -0.15) is 0 Å². The molecular weight excluding hydrogens is 258 g/mol. The summed E-state index contributed by atoms with van der Waals surface area (Å²) >= 11 is 2.91. The van der Waals surface area contributed by atoms with Crippen LogP contribution in [0.15, 0.2) is 29.0 Å². The Morgan fingerprint density at radius 1 is 1.35 bits per heavy atom. The number of rotatable bonds is 4. The first kappa shape index (κ1) is 11.8. The number of nitrogens with one attached hydrogen (secondary N) is 1. The first-order valence-corrected chi connectivity index (χ1v) is 6.55. The van der Waals surface area contributed by atoms with Crippen molar-refractivity contribution in [3.05, 3.63) is 33.8 Å². The van der Waals surface area contributed by atoms with Crippen molar-refractivity contribution in [2.75, 3.05) is 6.54 Å². The second-order valence-corrected chi connectivity index (χ2v) is 5.11. The number of carbonyl (C=O) groups excluding carboxylic acids is 1. The molecule has 0 fully saturated rings. The Balaban J connectivity index is 2.08. The molecule has 0 unspecified atom stereocenters. The summed E-state index contributed by atoms with van der Waals surface area (Å²) in [5, 5.41) is 14.6. The van der Waals surface area contributed by atoms with E-state index in [9.17, 15) is 9.59 Å². The highest BCUT2D eigenvalue weighted by molar-refractivity contribution is 7.15. The van der Waals surface area contributed by atoms with E-state index >= 15 is 0 Å². The second kappa shape index (κ2) is 5.11. The average molecular weight is 267 g/mol. The van der Waals surface area contributed by atoms with Gasteiger partial charge in [-0.15, -0.1) is 22.7 Å². The average Bonchev–Trinajstić information content (AvgIpc) is 2.94. The summed E-state index contributed by atoms with van der Waals surface area (Å²) in [4.78, 5) is 23.5. The van der Waals surface area contributed by atoms with Gasteiger partial charge in [-0.05, 0) is 17.5 Å². The van der Waals surface area contributed by atoms with Gasteiger partial charge in [0.1, 0.15) is 6.54 Å². The van der Waals surface area contributed by atoms with Gasteiger partial charge in [-0.1, -0.05) is 6.07 Å². The van der Waals surface area contributed by atoms with Crippen molar-refractivity contribution in [3.8, 4) is 10.4 Å².